The second kappa shape index (κ2) is 10.8. The molecular formula is C31H32F2N4OS. The summed E-state index contributed by atoms with van der Waals surface area (Å²) in [7, 11) is 0. The molecule has 0 radical (unpaired) electrons. The van der Waals surface area contributed by atoms with Crippen molar-refractivity contribution >= 4 is 28.0 Å². The van der Waals surface area contributed by atoms with Crippen LogP contribution in [0.1, 0.15) is 62.4 Å². The molecule has 0 saturated carbocycles. The average Bonchev–Trinajstić information content (AvgIpc) is 3.58. The Hall–Kier alpha value is -3.12. The van der Waals surface area contributed by atoms with E-state index in [1.165, 1.54) is 29.5 Å². The Labute approximate surface area is 231 Å². The van der Waals surface area contributed by atoms with Gasteiger partial charge in [0.05, 0.1) is 12.3 Å². The number of rotatable bonds is 8. The Morgan fingerprint density at radius 1 is 1.08 bits per heavy atom. The number of piperidine rings is 1. The Kier molecular flexibility index (Phi) is 7.23. The second-order valence-corrected chi connectivity index (χ2v) is 12.1. The molecule has 39 heavy (non-hydrogen) atoms. The number of aryl methyl sites for hydroxylation is 1. The number of thiophene rings is 1. The molecule has 2 aliphatic heterocycles. The molecule has 2 aromatic carbocycles. The Bertz CT molecular complexity index is 1540. The minimum absolute atomic E-state index is 0.0261. The second-order valence-electron chi connectivity index (χ2n) is 10.9. The first-order chi connectivity index (χ1) is 18.9. The van der Waals surface area contributed by atoms with Gasteiger partial charge in [-0.05, 0) is 68.4 Å². The first-order valence-corrected chi connectivity index (χ1v) is 14.7. The molecular weight excluding hydrogens is 514 g/mol. The third-order valence-corrected chi connectivity index (χ3v) is 9.47. The maximum Gasteiger partial charge on any atom is 0.222 e. The Morgan fingerprint density at radius 2 is 1.87 bits per heavy atom. The van der Waals surface area contributed by atoms with Gasteiger partial charge in [0, 0.05) is 50.9 Å². The van der Waals surface area contributed by atoms with Crippen molar-refractivity contribution in [3.05, 3.63) is 70.0 Å². The number of unbranched alkanes of at least 4 members (excludes halogenated alkanes) is 2. The minimum atomic E-state index is -0.577. The average molecular weight is 547 g/mol. The molecule has 0 aliphatic carbocycles. The van der Waals surface area contributed by atoms with E-state index in [0.29, 0.717) is 34.2 Å². The van der Waals surface area contributed by atoms with Crippen LogP contribution in [-0.2, 0) is 13.0 Å². The molecule has 2 fully saturated rings. The smallest absolute Gasteiger partial charge is 0.222 e. The van der Waals surface area contributed by atoms with Crippen LogP contribution in [0, 0.1) is 18.2 Å². The van der Waals surface area contributed by atoms with Gasteiger partial charge in [-0.2, -0.15) is 0 Å². The van der Waals surface area contributed by atoms with Crippen molar-refractivity contribution in [3.63, 3.8) is 0 Å². The Balaban J connectivity index is 1.41. The molecule has 2 atom stereocenters. The van der Waals surface area contributed by atoms with Gasteiger partial charge in [0.25, 0.3) is 0 Å². The molecule has 6 rings (SSSR count). The fourth-order valence-electron chi connectivity index (χ4n) is 6.36. The summed E-state index contributed by atoms with van der Waals surface area (Å²) in [6.45, 7) is 10.1. The normalized spacial score (nSPS) is 21.1. The monoisotopic (exact) mass is 546 g/mol. The summed E-state index contributed by atoms with van der Waals surface area (Å²) in [5, 5.41) is 4.94. The van der Waals surface area contributed by atoms with Gasteiger partial charge >= 0.3 is 0 Å². The SMILES string of the molecule is [C-]#[N+]c1ccc(-c2cc(CN3C4CCC3CC(N)C4)sc2-c2cc3onc(CCCCC)c3cc2F)cc1F. The van der Waals surface area contributed by atoms with Gasteiger partial charge in [-0.25, -0.2) is 13.6 Å². The van der Waals surface area contributed by atoms with Crippen molar-refractivity contribution in [2.24, 2.45) is 5.73 Å². The highest BCUT2D eigenvalue weighted by Gasteiger charge is 2.39. The lowest BCUT2D eigenvalue weighted by atomic mass is 9.97. The number of benzene rings is 2. The summed E-state index contributed by atoms with van der Waals surface area (Å²) in [4.78, 5) is 7.62. The number of hydrogen-bond donors (Lipinski definition) is 1. The number of aromatic nitrogens is 1. The van der Waals surface area contributed by atoms with E-state index in [2.05, 4.69) is 27.9 Å². The van der Waals surface area contributed by atoms with Crippen molar-refractivity contribution in [2.45, 2.75) is 83.0 Å². The Morgan fingerprint density at radius 3 is 2.59 bits per heavy atom. The summed E-state index contributed by atoms with van der Waals surface area (Å²) in [6, 6.07) is 11.1. The number of nitrogens with zero attached hydrogens (tertiary/aromatic N) is 3. The summed E-state index contributed by atoms with van der Waals surface area (Å²) < 4.78 is 36.1. The van der Waals surface area contributed by atoms with Gasteiger partial charge in [-0.3, -0.25) is 4.90 Å². The first-order valence-electron chi connectivity index (χ1n) is 13.8. The van der Waals surface area contributed by atoms with Crippen LogP contribution < -0.4 is 5.73 Å². The van der Waals surface area contributed by atoms with Gasteiger partial charge in [-0.15, -0.1) is 11.3 Å². The van der Waals surface area contributed by atoms with Crippen LogP contribution in [0.5, 0.6) is 0 Å². The van der Waals surface area contributed by atoms with Crippen LogP contribution in [0.25, 0.3) is 37.4 Å². The van der Waals surface area contributed by atoms with Crippen molar-refractivity contribution in [3.8, 4) is 21.6 Å². The zero-order valence-corrected chi connectivity index (χ0v) is 22.9. The topological polar surface area (TPSA) is 59.6 Å². The van der Waals surface area contributed by atoms with Crippen LogP contribution in [0.15, 0.2) is 40.9 Å². The maximum atomic E-state index is 15.8. The molecule has 4 heterocycles. The lowest BCUT2D eigenvalue weighted by Crippen LogP contribution is -2.46. The molecule has 202 valence electrons. The maximum absolute atomic E-state index is 15.8. The van der Waals surface area contributed by atoms with E-state index < -0.39 is 5.82 Å². The quantitative estimate of drug-likeness (QED) is 0.179. The van der Waals surface area contributed by atoms with Crippen LogP contribution in [0.3, 0.4) is 0 Å². The highest BCUT2D eigenvalue weighted by molar-refractivity contribution is 7.16. The summed E-state index contributed by atoms with van der Waals surface area (Å²) in [5.41, 5.74) is 9.40. The lowest BCUT2D eigenvalue weighted by Gasteiger charge is -2.37. The van der Waals surface area contributed by atoms with E-state index in [0.717, 1.165) is 78.9 Å². The van der Waals surface area contributed by atoms with E-state index in [1.807, 2.05) is 0 Å². The fraction of sp³-hybridized carbons (Fsp3) is 0.419. The van der Waals surface area contributed by atoms with E-state index in [4.69, 9.17) is 16.8 Å². The van der Waals surface area contributed by atoms with Gasteiger partial charge in [-0.1, -0.05) is 37.1 Å². The molecule has 5 nitrogen and oxygen atoms in total. The van der Waals surface area contributed by atoms with E-state index in [1.54, 1.807) is 12.1 Å². The van der Waals surface area contributed by atoms with Crippen molar-refractivity contribution < 1.29 is 13.3 Å². The van der Waals surface area contributed by atoms with Crippen molar-refractivity contribution in [1.82, 2.24) is 10.1 Å². The van der Waals surface area contributed by atoms with Crippen molar-refractivity contribution in [2.75, 3.05) is 0 Å². The van der Waals surface area contributed by atoms with E-state index in [-0.39, 0.29) is 17.5 Å². The highest BCUT2D eigenvalue weighted by atomic mass is 32.1. The largest absolute Gasteiger partial charge is 0.356 e. The molecule has 2 unspecified atom stereocenters. The molecule has 2 aromatic heterocycles. The van der Waals surface area contributed by atoms with Gasteiger partial charge in [0.2, 0.25) is 5.69 Å². The van der Waals surface area contributed by atoms with E-state index in [9.17, 15) is 4.39 Å². The number of halogens is 2. The van der Waals surface area contributed by atoms with Crippen molar-refractivity contribution in [1.29, 1.82) is 0 Å². The third-order valence-electron chi connectivity index (χ3n) is 8.32. The van der Waals surface area contributed by atoms with Gasteiger partial charge in [0.15, 0.2) is 5.58 Å². The molecule has 2 saturated heterocycles. The number of fused-ring (bicyclic) bond motifs is 3. The zero-order valence-electron chi connectivity index (χ0n) is 22.1. The number of nitrogens with two attached hydrogens (primary N) is 1. The molecule has 0 amide bonds. The number of hydrogen-bond acceptors (Lipinski definition) is 5. The molecule has 2 N–H and O–H groups in total. The summed E-state index contributed by atoms with van der Waals surface area (Å²) in [5.74, 6) is -0.925. The van der Waals surface area contributed by atoms with Crippen LogP contribution in [-0.4, -0.2) is 28.2 Å². The van der Waals surface area contributed by atoms with Gasteiger partial charge < -0.3 is 10.3 Å². The standard InChI is InChI=1S/C31H32F2N4OS/c1-3-4-5-6-28-25-15-26(32)24(16-30(25)38-36-28)31-23(18-7-10-29(35-2)27(33)11-18)14-22(39-31)17-37-20-8-9-21(37)13-19(34)12-20/h7,10-11,14-16,19-21H,3-6,8-9,12-13,17,34H2,1H3. The summed E-state index contributed by atoms with van der Waals surface area (Å²) >= 11 is 1.54. The van der Waals surface area contributed by atoms with Crippen LogP contribution in [0.4, 0.5) is 14.5 Å². The highest BCUT2D eigenvalue weighted by Crippen LogP contribution is 2.45. The zero-order chi connectivity index (χ0) is 27.1. The molecule has 2 aliphatic rings. The summed E-state index contributed by atoms with van der Waals surface area (Å²) in [6.07, 6.45) is 8.24. The predicted octanol–water partition coefficient (Wildman–Crippen LogP) is 8.24. The van der Waals surface area contributed by atoms with Gasteiger partial charge in [0.1, 0.15) is 11.6 Å². The first kappa shape index (κ1) is 26.1. The fourth-order valence-corrected chi connectivity index (χ4v) is 7.56. The molecule has 0 spiro atoms. The van der Waals surface area contributed by atoms with Crippen LogP contribution >= 0.6 is 11.3 Å². The molecule has 8 heteroatoms. The van der Waals surface area contributed by atoms with E-state index >= 15 is 4.39 Å². The lowest BCUT2D eigenvalue weighted by molar-refractivity contribution is 0.121. The minimum Gasteiger partial charge on any atom is -0.356 e. The predicted molar refractivity (Wildman–Crippen MR) is 152 cm³/mol. The molecule has 4 aromatic rings. The molecule has 2 bridgehead atoms. The third kappa shape index (κ3) is 5.00. The van der Waals surface area contributed by atoms with Crippen LogP contribution in [0.2, 0.25) is 0 Å².